The third-order valence-corrected chi connectivity index (χ3v) is 1.58. The van der Waals surface area contributed by atoms with Gasteiger partial charge in [-0.3, -0.25) is 0 Å². The Bertz CT molecular complexity index is 261. The monoisotopic (exact) mass is 190 g/mol. The lowest BCUT2D eigenvalue weighted by Crippen LogP contribution is -1.94. The summed E-state index contributed by atoms with van der Waals surface area (Å²) in [7, 11) is 1.68. The minimum absolute atomic E-state index is 0.936. The summed E-state index contributed by atoms with van der Waals surface area (Å²) in [5.41, 5.74) is 1.19. The molecular weight excluding hydrogens is 172 g/mol. The lowest BCUT2D eigenvalue weighted by molar-refractivity contribution is 0.299. The van der Waals surface area contributed by atoms with Crippen LogP contribution in [0.25, 0.3) is 0 Å². The number of ether oxygens (including phenoxy) is 1. The highest BCUT2D eigenvalue weighted by molar-refractivity contribution is 5.36. The van der Waals surface area contributed by atoms with Gasteiger partial charge in [0.15, 0.2) is 0 Å². The first-order chi connectivity index (χ1) is 6.79. The van der Waals surface area contributed by atoms with Gasteiger partial charge in [-0.2, -0.15) is 0 Å². The molecule has 0 fully saturated rings. The maximum atomic E-state index is 5.15. The molecule has 0 atom stereocenters. The first kappa shape index (κ1) is 12.5. The molecule has 1 aliphatic carbocycles. The van der Waals surface area contributed by atoms with Crippen LogP contribution in [0.5, 0.6) is 0 Å². The molecular formula is C13H18O. The zero-order valence-corrected chi connectivity index (χ0v) is 8.99. The average Bonchev–Trinajstić information content (AvgIpc) is 2.20. The van der Waals surface area contributed by atoms with E-state index in [9.17, 15) is 0 Å². The van der Waals surface area contributed by atoms with Crippen LogP contribution in [0.4, 0.5) is 0 Å². The van der Waals surface area contributed by atoms with E-state index in [2.05, 4.69) is 19.2 Å². The van der Waals surface area contributed by atoms with E-state index in [1.807, 2.05) is 25.2 Å². The zero-order valence-electron chi connectivity index (χ0n) is 8.99. The Hall–Kier alpha value is -1.50. The number of rotatable bonds is 2. The van der Waals surface area contributed by atoms with Crippen molar-refractivity contribution < 1.29 is 4.74 Å². The summed E-state index contributed by atoms with van der Waals surface area (Å²) in [6.45, 7) is 8.89. The van der Waals surface area contributed by atoms with E-state index in [0.717, 1.165) is 12.2 Å². The van der Waals surface area contributed by atoms with E-state index in [1.54, 1.807) is 19.3 Å². The predicted molar refractivity (Wildman–Crippen MR) is 63.0 cm³/mol. The minimum atomic E-state index is 0.936. The average molecular weight is 190 g/mol. The van der Waals surface area contributed by atoms with Gasteiger partial charge in [0.25, 0.3) is 0 Å². The van der Waals surface area contributed by atoms with Crippen LogP contribution in [0.3, 0.4) is 0 Å². The second-order valence-electron chi connectivity index (χ2n) is 2.70. The molecule has 0 aliphatic heterocycles. The molecule has 0 unspecified atom stereocenters. The van der Waals surface area contributed by atoms with Crippen LogP contribution in [0.15, 0.2) is 60.9 Å². The van der Waals surface area contributed by atoms with Crippen LogP contribution >= 0.6 is 0 Å². The van der Waals surface area contributed by atoms with Crippen LogP contribution in [-0.2, 0) is 4.74 Å². The van der Waals surface area contributed by atoms with E-state index in [0.29, 0.717) is 0 Å². The van der Waals surface area contributed by atoms with Crippen molar-refractivity contribution in [1.82, 2.24) is 0 Å². The van der Waals surface area contributed by atoms with Crippen molar-refractivity contribution in [2.24, 2.45) is 0 Å². The molecule has 14 heavy (non-hydrogen) atoms. The maximum Gasteiger partial charge on any atom is 0.122 e. The van der Waals surface area contributed by atoms with Crippen molar-refractivity contribution in [3.63, 3.8) is 0 Å². The molecule has 1 nitrogen and oxygen atoms in total. The molecule has 0 aromatic carbocycles. The molecule has 1 heteroatoms. The van der Waals surface area contributed by atoms with Gasteiger partial charge in [-0.05, 0) is 25.0 Å². The van der Waals surface area contributed by atoms with Gasteiger partial charge < -0.3 is 4.74 Å². The van der Waals surface area contributed by atoms with Gasteiger partial charge in [0.1, 0.15) is 5.76 Å². The molecule has 0 radical (unpaired) electrons. The first-order valence-corrected chi connectivity index (χ1v) is 4.60. The summed E-state index contributed by atoms with van der Waals surface area (Å²) in [6, 6.07) is 0. The molecule has 0 N–H and O–H groups in total. The summed E-state index contributed by atoms with van der Waals surface area (Å²) >= 11 is 0. The number of hydrogen-bond donors (Lipinski definition) is 0. The summed E-state index contributed by atoms with van der Waals surface area (Å²) in [4.78, 5) is 0. The van der Waals surface area contributed by atoms with E-state index in [-0.39, 0.29) is 0 Å². The zero-order chi connectivity index (χ0) is 10.8. The lowest BCUT2D eigenvalue weighted by atomic mass is 10.1. The van der Waals surface area contributed by atoms with Crippen LogP contribution < -0.4 is 0 Å². The Kier molecular flexibility index (Phi) is 7.24. The fraction of sp³-hybridized carbons (Fsp3) is 0.231. The topological polar surface area (TPSA) is 9.23 Å². The second-order valence-corrected chi connectivity index (χ2v) is 2.70. The standard InChI is InChI=1S/C10H12O.C3H6/c1-3-6-9-7-4-5-8-10(9)11-2;1-3-2/h3-6,8H,1,7H2,2H3;3H,1H2,2H3/b9-6+;. The van der Waals surface area contributed by atoms with E-state index in [1.165, 1.54) is 5.57 Å². The van der Waals surface area contributed by atoms with Crippen LogP contribution in [0.2, 0.25) is 0 Å². The molecule has 0 amide bonds. The highest BCUT2D eigenvalue weighted by Crippen LogP contribution is 2.19. The second kappa shape index (κ2) is 8.11. The summed E-state index contributed by atoms with van der Waals surface area (Å²) in [5.74, 6) is 0.937. The highest BCUT2D eigenvalue weighted by Gasteiger charge is 2.04. The predicted octanol–water partition coefficient (Wildman–Crippen LogP) is 3.78. The molecule has 1 aliphatic rings. The molecule has 0 spiro atoms. The third kappa shape index (κ3) is 4.51. The van der Waals surface area contributed by atoms with E-state index in [4.69, 9.17) is 4.74 Å². The Morgan fingerprint density at radius 2 is 2.07 bits per heavy atom. The first-order valence-electron chi connectivity index (χ1n) is 4.60. The van der Waals surface area contributed by atoms with Gasteiger partial charge in [0, 0.05) is 0 Å². The number of methoxy groups -OCH3 is 1. The number of allylic oxidation sites excluding steroid dienone is 7. The van der Waals surface area contributed by atoms with Gasteiger partial charge in [-0.1, -0.05) is 37.0 Å². The third-order valence-electron chi connectivity index (χ3n) is 1.58. The van der Waals surface area contributed by atoms with Gasteiger partial charge in [-0.25, -0.2) is 0 Å². The lowest BCUT2D eigenvalue weighted by Gasteiger charge is -2.10. The molecule has 0 heterocycles. The normalized spacial score (nSPS) is 16.4. The molecule has 0 saturated carbocycles. The molecule has 0 bridgehead atoms. The fourth-order valence-electron chi connectivity index (χ4n) is 1.05. The van der Waals surface area contributed by atoms with Crippen molar-refractivity contribution in [2.75, 3.05) is 7.11 Å². The van der Waals surface area contributed by atoms with Crippen LogP contribution in [0, 0.1) is 0 Å². The van der Waals surface area contributed by atoms with Gasteiger partial charge in [-0.15, -0.1) is 6.58 Å². The van der Waals surface area contributed by atoms with Gasteiger partial charge in [0.2, 0.25) is 0 Å². The molecule has 0 aromatic rings. The molecule has 0 aromatic heterocycles. The maximum absolute atomic E-state index is 5.15. The van der Waals surface area contributed by atoms with Gasteiger partial charge in [0.05, 0.1) is 7.11 Å². The number of hydrogen-bond acceptors (Lipinski definition) is 1. The molecule has 1 rings (SSSR count). The molecule has 76 valence electrons. The van der Waals surface area contributed by atoms with Crippen molar-refractivity contribution in [3.8, 4) is 0 Å². The molecule has 0 saturated heterocycles. The quantitative estimate of drug-likeness (QED) is 0.602. The summed E-state index contributed by atoms with van der Waals surface area (Å²) < 4.78 is 5.15. The van der Waals surface area contributed by atoms with Crippen LogP contribution in [0.1, 0.15) is 13.3 Å². The van der Waals surface area contributed by atoms with Crippen molar-refractivity contribution in [2.45, 2.75) is 13.3 Å². The highest BCUT2D eigenvalue weighted by atomic mass is 16.5. The minimum Gasteiger partial charge on any atom is -0.496 e. The fourth-order valence-corrected chi connectivity index (χ4v) is 1.05. The van der Waals surface area contributed by atoms with E-state index < -0.39 is 0 Å². The van der Waals surface area contributed by atoms with Crippen molar-refractivity contribution >= 4 is 0 Å². The summed E-state index contributed by atoms with van der Waals surface area (Å²) in [5, 5.41) is 0. The SMILES string of the molecule is C=C/C=C1\CC=CC=C1OC.C=CC. The Labute approximate surface area is 86.8 Å². The Morgan fingerprint density at radius 1 is 1.43 bits per heavy atom. The van der Waals surface area contributed by atoms with E-state index >= 15 is 0 Å². The Balaban J connectivity index is 0.000000500. The van der Waals surface area contributed by atoms with Crippen molar-refractivity contribution in [3.05, 3.63) is 60.9 Å². The van der Waals surface area contributed by atoms with Gasteiger partial charge >= 0.3 is 0 Å². The largest absolute Gasteiger partial charge is 0.496 e. The smallest absolute Gasteiger partial charge is 0.122 e. The summed E-state index contributed by atoms with van der Waals surface area (Å²) in [6.07, 6.45) is 12.5. The Morgan fingerprint density at radius 3 is 2.57 bits per heavy atom. The van der Waals surface area contributed by atoms with Crippen molar-refractivity contribution in [1.29, 1.82) is 0 Å². The van der Waals surface area contributed by atoms with Crippen LogP contribution in [-0.4, -0.2) is 7.11 Å².